The van der Waals surface area contributed by atoms with E-state index in [1.54, 1.807) is 6.20 Å². The summed E-state index contributed by atoms with van der Waals surface area (Å²) in [5.41, 5.74) is 7.65. The lowest BCUT2D eigenvalue weighted by molar-refractivity contribution is 0.197. The van der Waals surface area contributed by atoms with Crippen molar-refractivity contribution in [2.75, 3.05) is 18.0 Å². The number of aromatic nitrogens is 5. The fourth-order valence-corrected chi connectivity index (χ4v) is 5.65. The summed E-state index contributed by atoms with van der Waals surface area (Å²) in [5.74, 6) is 0.944. The second-order valence-electron chi connectivity index (χ2n) is 7.66. The zero-order chi connectivity index (χ0) is 19.1. The average Bonchev–Trinajstić information content (AvgIpc) is 3.31. The molecule has 1 aliphatic heterocycles. The number of fused-ring (bicyclic) bond motifs is 1. The Morgan fingerprint density at radius 1 is 1.14 bits per heavy atom. The molecule has 1 unspecified atom stereocenters. The Kier molecular flexibility index (Phi) is 4.65. The van der Waals surface area contributed by atoms with Crippen LogP contribution in [0.3, 0.4) is 0 Å². The Balaban J connectivity index is 1.40. The molecule has 9 heteroatoms. The van der Waals surface area contributed by atoms with Crippen LogP contribution in [0.2, 0.25) is 5.28 Å². The van der Waals surface area contributed by atoms with E-state index >= 15 is 0 Å². The van der Waals surface area contributed by atoms with E-state index in [4.69, 9.17) is 22.3 Å². The van der Waals surface area contributed by atoms with E-state index in [1.165, 1.54) is 31.0 Å². The Bertz CT molecular complexity index is 999. The summed E-state index contributed by atoms with van der Waals surface area (Å²) < 4.78 is 2.07. The Labute approximate surface area is 172 Å². The van der Waals surface area contributed by atoms with Gasteiger partial charge in [0.2, 0.25) is 11.2 Å². The summed E-state index contributed by atoms with van der Waals surface area (Å²) in [5, 5.41) is 1.01. The van der Waals surface area contributed by atoms with Gasteiger partial charge in [0.1, 0.15) is 5.03 Å². The molecular weight excluding hydrogens is 394 g/mol. The van der Waals surface area contributed by atoms with Gasteiger partial charge in [0.05, 0.1) is 4.90 Å². The first kappa shape index (κ1) is 18.1. The summed E-state index contributed by atoms with van der Waals surface area (Å²) >= 11 is 7.40. The summed E-state index contributed by atoms with van der Waals surface area (Å²) in [6, 6.07) is 2.19. The number of nitrogens with two attached hydrogens (primary N) is 1. The van der Waals surface area contributed by atoms with E-state index in [0.717, 1.165) is 47.4 Å². The molecule has 4 heterocycles. The maximum Gasteiger partial charge on any atom is 0.223 e. The molecule has 5 rings (SSSR count). The zero-order valence-electron chi connectivity index (χ0n) is 15.5. The normalized spacial score (nSPS) is 21.6. The Morgan fingerprint density at radius 2 is 2.00 bits per heavy atom. The van der Waals surface area contributed by atoms with Crippen LogP contribution < -0.4 is 10.6 Å². The summed E-state index contributed by atoms with van der Waals surface area (Å²) in [6.45, 7) is 1.98. The number of halogens is 1. The van der Waals surface area contributed by atoms with Crippen LogP contribution in [0.1, 0.15) is 32.1 Å². The van der Waals surface area contributed by atoms with Crippen LogP contribution in [-0.4, -0.2) is 43.5 Å². The number of hydrogen-bond donors (Lipinski definition) is 1. The van der Waals surface area contributed by atoms with Crippen molar-refractivity contribution < 1.29 is 0 Å². The van der Waals surface area contributed by atoms with Crippen LogP contribution in [0.15, 0.2) is 40.8 Å². The summed E-state index contributed by atoms with van der Waals surface area (Å²) in [6.07, 6.45) is 13.3. The number of imidazole rings is 1. The molecule has 2 fully saturated rings. The van der Waals surface area contributed by atoms with E-state index in [-0.39, 0.29) is 5.28 Å². The maximum atomic E-state index is 6.43. The molecule has 28 heavy (non-hydrogen) atoms. The molecule has 1 spiro atoms. The van der Waals surface area contributed by atoms with Crippen molar-refractivity contribution in [3.8, 4) is 0 Å². The first-order chi connectivity index (χ1) is 13.6. The Hall–Kier alpha value is -1.90. The van der Waals surface area contributed by atoms with Crippen molar-refractivity contribution in [1.82, 2.24) is 24.3 Å². The predicted molar refractivity (Wildman–Crippen MR) is 110 cm³/mol. The highest BCUT2D eigenvalue weighted by atomic mass is 35.5. The first-order valence-electron chi connectivity index (χ1n) is 9.64. The number of anilines is 1. The van der Waals surface area contributed by atoms with E-state index < -0.39 is 0 Å². The van der Waals surface area contributed by atoms with E-state index in [9.17, 15) is 0 Å². The van der Waals surface area contributed by atoms with Crippen LogP contribution in [0.25, 0.3) is 5.65 Å². The molecule has 3 aromatic heterocycles. The van der Waals surface area contributed by atoms with Gasteiger partial charge in [0.25, 0.3) is 0 Å². The quantitative estimate of drug-likeness (QED) is 0.518. The molecule has 1 saturated carbocycles. The highest BCUT2D eigenvalue weighted by Gasteiger charge is 2.43. The van der Waals surface area contributed by atoms with Crippen molar-refractivity contribution in [3.05, 3.63) is 36.1 Å². The predicted octanol–water partition coefficient (Wildman–Crippen LogP) is 3.42. The molecule has 1 saturated heterocycles. The van der Waals surface area contributed by atoms with Crippen LogP contribution in [0, 0.1) is 5.41 Å². The fourth-order valence-electron chi connectivity index (χ4n) is 4.62. The van der Waals surface area contributed by atoms with Crippen molar-refractivity contribution in [2.45, 2.75) is 48.1 Å². The molecule has 1 atom stereocenters. The van der Waals surface area contributed by atoms with Crippen molar-refractivity contribution in [1.29, 1.82) is 0 Å². The van der Waals surface area contributed by atoms with Gasteiger partial charge in [-0.3, -0.25) is 4.40 Å². The van der Waals surface area contributed by atoms with Gasteiger partial charge >= 0.3 is 0 Å². The largest absolute Gasteiger partial charge is 0.342 e. The van der Waals surface area contributed by atoms with Gasteiger partial charge < -0.3 is 10.6 Å². The van der Waals surface area contributed by atoms with Gasteiger partial charge in [-0.25, -0.2) is 19.9 Å². The monoisotopic (exact) mass is 415 g/mol. The minimum atomic E-state index is 0.237. The number of hydrogen-bond acceptors (Lipinski definition) is 7. The lowest BCUT2D eigenvalue weighted by Crippen LogP contribution is -2.47. The van der Waals surface area contributed by atoms with Crippen LogP contribution in [0.4, 0.5) is 5.95 Å². The molecular formula is C19H22ClN7S. The standard InChI is InChI=1S/C19H22ClN7S/c20-17-23-7-3-15(25-17)28-13-12-24-18(27-11-8-22-16(13)27)26-9-5-19(6-10-26)4-1-2-14(19)21/h3,7-8,11-12,14H,1-2,4-6,9-10,21H2. The molecule has 2 aliphatic rings. The van der Waals surface area contributed by atoms with Crippen molar-refractivity contribution in [3.63, 3.8) is 0 Å². The minimum Gasteiger partial charge on any atom is -0.342 e. The number of piperidine rings is 1. The van der Waals surface area contributed by atoms with Crippen LogP contribution in [-0.2, 0) is 0 Å². The van der Waals surface area contributed by atoms with Crippen molar-refractivity contribution in [2.24, 2.45) is 11.1 Å². The summed E-state index contributed by atoms with van der Waals surface area (Å²) in [4.78, 5) is 20.8. The third-order valence-electron chi connectivity index (χ3n) is 6.21. The van der Waals surface area contributed by atoms with Crippen LogP contribution >= 0.6 is 23.4 Å². The second-order valence-corrected chi connectivity index (χ2v) is 9.06. The third kappa shape index (κ3) is 3.13. The number of rotatable bonds is 3. The van der Waals surface area contributed by atoms with E-state index in [0.29, 0.717) is 11.5 Å². The molecule has 146 valence electrons. The molecule has 0 bridgehead atoms. The molecule has 7 nitrogen and oxygen atoms in total. The highest BCUT2D eigenvalue weighted by molar-refractivity contribution is 7.99. The lowest BCUT2D eigenvalue weighted by atomic mass is 9.74. The van der Waals surface area contributed by atoms with E-state index in [1.807, 2.05) is 24.7 Å². The van der Waals surface area contributed by atoms with Gasteiger partial charge in [-0.15, -0.1) is 0 Å². The fraction of sp³-hybridized carbons (Fsp3) is 0.474. The third-order valence-corrected chi connectivity index (χ3v) is 7.33. The first-order valence-corrected chi connectivity index (χ1v) is 10.8. The highest BCUT2D eigenvalue weighted by Crippen LogP contribution is 2.46. The Morgan fingerprint density at radius 3 is 2.75 bits per heavy atom. The van der Waals surface area contributed by atoms with Crippen LogP contribution in [0.5, 0.6) is 0 Å². The topological polar surface area (TPSA) is 85.2 Å². The van der Waals surface area contributed by atoms with Gasteiger partial charge in [0, 0.05) is 43.9 Å². The molecule has 0 radical (unpaired) electrons. The van der Waals surface area contributed by atoms with Gasteiger partial charge in [-0.1, -0.05) is 18.2 Å². The molecule has 1 aliphatic carbocycles. The van der Waals surface area contributed by atoms with Gasteiger partial charge in [0.15, 0.2) is 5.65 Å². The SMILES string of the molecule is NC1CCCC12CCN(c1ncc(Sc3ccnc(Cl)n3)c3nccn13)CC2. The maximum absolute atomic E-state index is 6.43. The molecule has 0 aromatic carbocycles. The molecule has 2 N–H and O–H groups in total. The molecule has 0 amide bonds. The minimum absolute atomic E-state index is 0.237. The smallest absolute Gasteiger partial charge is 0.223 e. The zero-order valence-corrected chi connectivity index (χ0v) is 17.0. The average molecular weight is 416 g/mol. The number of nitrogens with zero attached hydrogens (tertiary/aromatic N) is 6. The lowest BCUT2D eigenvalue weighted by Gasteiger charge is -2.42. The molecule has 3 aromatic rings. The van der Waals surface area contributed by atoms with Gasteiger partial charge in [-0.05, 0) is 48.8 Å². The second kappa shape index (κ2) is 7.17. The van der Waals surface area contributed by atoms with E-state index in [2.05, 4.69) is 24.3 Å². The van der Waals surface area contributed by atoms with Crippen molar-refractivity contribution >= 4 is 35.0 Å². The van der Waals surface area contributed by atoms with Gasteiger partial charge in [-0.2, -0.15) is 0 Å². The summed E-state index contributed by atoms with van der Waals surface area (Å²) in [7, 11) is 0.